The van der Waals surface area contributed by atoms with Gasteiger partial charge in [-0.1, -0.05) is 43.3 Å². The molecule has 0 aliphatic carbocycles. The van der Waals surface area contributed by atoms with Crippen molar-refractivity contribution >= 4 is 27.5 Å². The van der Waals surface area contributed by atoms with Gasteiger partial charge in [-0.25, -0.2) is 4.98 Å². The summed E-state index contributed by atoms with van der Waals surface area (Å²) in [5.74, 6) is -1.24. The molecular formula is C17H15NO2S. The molecule has 1 aromatic heterocycles. The SMILES string of the molecule is CC[C@@H](C(=O)O)c1ccc2sc(-c3ccccc3)nc2c1. The molecule has 0 saturated heterocycles. The number of hydrogen-bond donors (Lipinski definition) is 1. The lowest BCUT2D eigenvalue weighted by Gasteiger charge is -2.09. The molecule has 1 heterocycles. The Morgan fingerprint density at radius 3 is 2.67 bits per heavy atom. The third-order valence-electron chi connectivity index (χ3n) is 3.54. The van der Waals surface area contributed by atoms with Crippen LogP contribution in [0, 0.1) is 0 Å². The molecule has 0 amide bonds. The quantitative estimate of drug-likeness (QED) is 0.769. The highest BCUT2D eigenvalue weighted by atomic mass is 32.1. The van der Waals surface area contributed by atoms with Crippen molar-refractivity contribution < 1.29 is 9.90 Å². The number of aliphatic carboxylic acids is 1. The summed E-state index contributed by atoms with van der Waals surface area (Å²) >= 11 is 1.63. The van der Waals surface area contributed by atoms with E-state index in [1.54, 1.807) is 11.3 Å². The Morgan fingerprint density at radius 2 is 2.00 bits per heavy atom. The Bertz CT molecular complexity index is 780. The molecule has 3 aromatic rings. The monoisotopic (exact) mass is 297 g/mol. The van der Waals surface area contributed by atoms with Crippen LogP contribution in [0.5, 0.6) is 0 Å². The topological polar surface area (TPSA) is 50.2 Å². The van der Waals surface area contributed by atoms with Crippen LogP contribution in [0.4, 0.5) is 0 Å². The van der Waals surface area contributed by atoms with Crippen molar-refractivity contribution in [1.29, 1.82) is 0 Å². The Kier molecular flexibility index (Phi) is 3.71. The maximum Gasteiger partial charge on any atom is 0.310 e. The number of fused-ring (bicyclic) bond motifs is 1. The summed E-state index contributed by atoms with van der Waals surface area (Å²) < 4.78 is 1.08. The average Bonchev–Trinajstić information content (AvgIpc) is 2.92. The zero-order valence-electron chi connectivity index (χ0n) is 11.6. The van der Waals surface area contributed by atoms with Crippen molar-refractivity contribution in [2.75, 3.05) is 0 Å². The lowest BCUT2D eigenvalue weighted by molar-refractivity contribution is -0.138. The van der Waals surface area contributed by atoms with E-state index in [0.717, 1.165) is 26.4 Å². The van der Waals surface area contributed by atoms with Gasteiger partial charge in [-0.2, -0.15) is 0 Å². The van der Waals surface area contributed by atoms with Crippen LogP contribution in [0.2, 0.25) is 0 Å². The molecule has 2 aromatic carbocycles. The molecular weight excluding hydrogens is 282 g/mol. The Labute approximate surface area is 126 Å². The van der Waals surface area contributed by atoms with Gasteiger partial charge in [0.25, 0.3) is 0 Å². The van der Waals surface area contributed by atoms with E-state index in [2.05, 4.69) is 4.98 Å². The molecule has 0 bridgehead atoms. The minimum Gasteiger partial charge on any atom is -0.481 e. The molecule has 0 aliphatic rings. The molecule has 3 nitrogen and oxygen atoms in total. The van der Waals surface area contributed by atoms with E-state index in [-0.39, 0.29) is 0 Å². The van der Waals surface area contributed by atoms with Crippen LogP contribution in [0.3, 0.4) is 0 Å². The molecule has 1 atom stereocenters. The fourth-order valence-corrected chi connectivity index (χ4v) is 3.37. The molecule has 1 N–H and O–H groups in total. The fourth-order valence-electron chi connectivity index (χ4n) is 2.42. The molecule has 3 rings (SSSR count). The van der Waals surface area contributed by atoms with Gasteiger partial charge < -0.3 is 5.11 Å². The van der Waals surface area contributed by atoms with Gasteiger partial charge in [0, 0.05) is 5.56 Å². The first-order chi connectivity index (χ1) is 10.2. The van der Waals surface area contributed by atoms with Crippen molar-refractivity contribution in [3.63, 3.8) is 0 Å². The van der Waals surface area contributed by atoms with Crippen molar-refractivity contribution in [3.05, 3.63) is 54.1 Å². The lowest BCUT2D eigenvalue weighted by atomic mass is 9.96. The lowest BCUT2D eigenvalue weighted by Crippen LogP contribution is -2.10. The highest BCUT2D eigenvalue weighted by Crippen LogP contribution is 2.32. The van der Waals surface area contributed by atoms with E-state index in [9.17, 15) is 9.90 Å². The number of thiazole rings is 1. The molecule has 0 spiro atoms. The molecule has 0 unspecified atom stereocenters. The van der Waals surface area contributed by atoms with Crippen LogP contribution in [-0.4, -0.2) is 16.1 Å². The predicted octanol–water partition coefficient (Wildman–Crippen LogP) is 4.54. The van der Waals surface area contributed by atoms with Gasteiger partial charge in [0.1, 0.15) is 5.01 Å². The normalized spacial score (nSPS) is 12.4. The zero-order valence-corrected chi connectivity index (χ0v) is 12.4. The first-order valence-corrected chi connectivity index (χ1v) is 7.69. The van der Waals surface area contributed by atoms with Gasteiger partial charge in [0.15, 0.2) is 0 Å². The number of aromatic nitrogens is 1. The molecule has 0 saturated carbocycles. The number of rotatable bonds is 4. The van der Waals surface area contributed by atoms with E-state index < -0.39 is 11.9 Å². The van der Waals surface area contributed by atoms with Crippen LogP contribution < -0.4 is 0 Å². The summed E-state index contributed by atoms with van der Waals surface area (Å²) in [7, 11) is 0. The summed E-state index contributed by atoms with van der Waals surface area (Å²) in [5, 5.41) is 10.2. The van der Waals surface area contributed by atoms with Crippen LogP contribution >= 0.6 is 11.3 Å². The molecule has 21 heavy (non-hydrogen) atoms. The third kappa shape index (κ3) is 2.67. The Balaban J connectivity index is 2.05. The first kappa shape index (κ1) is 13.8. The standard InChI is InChI=1S/C17H15NO2S/c1-2-13(17(19)20)12-8-9-15-14(10-12)18-16(21-15)11-6-4-3-5-7-11/h3-10,13H,2H2,1H3,(H,19,20)/t13-/m1/s1. The third-order valence-corrected chi connectivity index (χ3v) is 4.63. The van der Waals surface area contributed by atoms with Gasteiger partial charge in [-0.05, 0) is 24.1 Å². The zero-order chi connectivity index (χ0) is 14.8. The largest absolute Gasteiger partial charge is 0.481 e. The van der Waals surface area contributed by atoms with Crippen molar-refractivity contribution in [3.8, 4) is 10.6 Å². The number of benzene rings is 2. The summed E-state index contributed by atoms with van der Waals surface area (Å²) in [5.41, 5.74) is 2.78. The second-order valence-corrected chi connectivity index (χ2v) is 5.94. The summed E-state index contributed by atoms with van der Waals surface area (Å²) in [6.07, 6.45) is 0.580. The van der Waals surface area contributed by atoms with Crippen molar-refractivity contribution in [2.45, 2.75) is 19.3 Å². The first-order valence-electron chi connectivity index (χ1n) is 6.87. The number of hydrogen-bond acceptors (Lipinski definition) is 3. The van der Waals surface area contributed by atoms with Crippen molar-refractivity contribution in [1.82, 2.24) is 4.98 Å². The summed E-state index contributed by atoms with van der Waals surface area (Å²) in [4.78, 5) is 15.9. The highest BCUT2D eigenvalue weighted by Gasteiger charge is 2.18. The maximum absolute atomic E-state index is 11.3. The second kappa shape index (κ2) is 5.66. The molecule has 0 fully saturated rings. The highest BCUT2D eigenvalue weighted by molar-refractivity contribution is 7.21. The molecule has 0 aliphatic heterocycles. The Morgan fingerprint density at radius 1 is 1.24 bits per heavy atom. The number of carboxylic acid groups (broad SMARTS) is 1. The van der Waals surface area contributed by atoms with Gasteiger partial charge >= 0.3 is 5.97 Å². The number of nitrogens with zero attached hydrogens (tertiary/aromatic N) is 1. The van der Waals surface area contributed by atoms with Gasteiger partial charge in [-0.15, -0.1) is 11.3 Å². The second-order valence-electron chi connectivity index (χ2n) is 4.91. The Hall–Kier alpha value is -2.20. The fraction of sp³-hybridized carbons (Fsp3) is 0.176. The number of carbonyl (C=O) groups is 1. The van der Waals surface area contributed by atoms with Gasteiger partial charge in [0.05, 0.1) is 16.1 Å². The summed E-state index contributed by atoms with van der Waals surface area (Å²) in [6.45, 7) is 1.89. The predicted molar refractivity (Wildman–Crippen MR) is 85.7 cm³/mol. The van der Waals surface area contributed by atoms with Crippen LogP contribution in [0.25, 0.3) is 20.8 Å². The van der Waals surface area contributed by atoms with Gasteiger partial charge in [0.2, 0.25) is 0 Å². The van der Waals surface area contributed by atoms with Crippen LogP contribution in [-0.2, 0) is 4.79 Å². The van der Waals surface area contributed by atoms with Gasteiger partial charge in [-0.3, -0.25) is 4.79 Å². The summed E-state index contributed by atoms with van der Waals surface area (Å²) in [6, 6.07) is 15.8. The smallest absolute Gasteiger partial charge is 0.310 e. The minimum absolute atomic E-state index is 0.462. The van der Waals surface area contributed by atoms with Crippen LogP contribution in [0.15, 0.2) is 48.5 Å². The van der Waals surface area contributed by atoms with Crippen molar-refractivity contribution in [2.24, 2.45) is 0 Å². The van der Waals surface area contributed by atoms with E-state index in [4.69, 9.17) is 0 Å². The number of carboxylic acids is 1. The van der Waals surface area contributed by atoms with E-state index in [1.807, 2.05) is 55.5 Å². The maximum atomic E-state index is 11.3. The van der Waals surface area contributed by atoms with E-state index in [1.165, 1.54) is 0 Å². The molecule has 0 radical (unpaired) electrons. The van der Waals surface area contributed by atoms with E-state index in [0.29, 0.717) is 6.42 Å². The minimum atomic E-state index is -0.782. The molecule has 4 heteroatoms. The van der Waals surface area contributed by atoms with Crippen LogP contribution in [0.1, 0.15) is 24.8 Å². The van der Waals surface area contributed by atoms with E-state index >= 15 is 0 Å². The average molecular weight is 297 g/mol. The molecule has 106 valence electrons.